The number of rotatable bonds is 6. The number of hydrogen-bond donors (Lipinski definition) is 0. The number of nitrogens with zero attached hydrogens (tertiary/aromatic N) is 4. The summed E-state index contributed by atoms with van der Waals surface area (Å²) in [6.45, 7) is 7.30. The average molecular weight is 382 g/mol. The lowest BCUT2D eigenvalue weighted by molar-refractivity contribution is -0.00716. The van der Waals surface area contributed by atoms with Gasteiger partial charge >= 0.3 is 0 Å². The number of likely N-dealkylation sites (N-methyl/N-ethyl adjacent to an activating group) is 1. The van der Waals surface area contributed by atoms with Gasteiger partial charge in [0.1, 0.15) is 24.1 Å². The molecule has 0 aliphatic carbocycles. The van der Waals surface area contributed by atoms with E-state index in [-0.39, 0.29) is 18.1 Å². The molecule has 1 aliphatic rings. The lowest BCUT2D eigenvalue weighted by Gasteiger charge is -2.25. The molecule has 0 N–H and O–H groups in total. The smallest absolute Gasteiger partial charge is 0.272 e. The molecule has 2 heterocycles. The number of ether oxygens (including phenoxy) is 2. The third-order valence-electron chi connectivity index (χ3n) is 4.94. The van der Waals surface area contributed by atoms with Crippen molar-refractivity contribution in [3.05, 3.63) is 46.8 Å². The Balaban J connectivity index is 1.72. The lowest BCUT2D eigenvalue weighted by Crippen LogP contribution is -2.34. The van der Waals surface area contributed by atoms with Gasteiger partial charge in [-0.15, -0.1) is 0 Å². The summed E-state index contributed by atoms with van der Waals surface area (Å²) in [6, 6.07) is 9.19. The van der Waals surface area contributed by atoms with Crippen molar-refractivity contribution in [3.63, 3.8) is 0 Å². The first-order chi connectivity index (χ1) is 13.5. The fraction of sp³-hybridized carbons (Fsp3) is 0.476. The summed E-state index contributed by atoms with van der Waals surface area (Å²) in [5.74, 6) is 0.454. The molecule has 7 nitrogen and oxygen atoms in total. The third-order valence-corrected chi connectivity index (χ3v) is 4.94. The molecule has 1 aromatic carbocycles. The molecule has 0 bridgehead atoms. The zero-order valence-electron chi connectivity index (χ0n) is 16.8. The molecule has 0 fully saturated rings. The molecular formula is C21H26N4O3. The van der Waals surface area contributed by atoms with E-state index in [4.69, 9.17) is 14.7 Å². The Bertz CT molecular complexity index is 900. The lowest BCUT2D eigenvalue weighted by atomic mass is 9.99. The van der Waals surface area contributed by atoms with E-state index in [2.05, 4.69) is 11.2 Å². The van der Waals surface area contributed by atoms with Crippen molar-refractivity contribution in [2.24, 2.45) is 0 Å². The van der Waals surface area contributed by atoms with E-state index in [1.165, 1.54) is 0 Å². The summed E-state index contributed by atoms with van der Waals surface area (Å²) in [7, 11) is 1.76. The number of carbonyl (C=O) groups excluding carboxylic acids is 1. The predicted molar refractivity (Wildman–Crippen MR) is 104 cm³/mol. The molecule has 1 amide bonds. The molecule has 0 spiro atoms. The van der Waals surface area contributed by atoms with Crippen LogP contribution in [0.25, 0.3) is 0 Å². The van der Waals surface area contributed by atoms with Crippen LogP contribution in [0.15, 0.2) is 24.3 Å². The van der Waals surface area contributed by atoms with E-state index in [0.29, 0.717) is 43.1 Å². The number of nitriles is 1. The maximum atomic E-state index is 13.2. The van der Waals surface area contributed by atoms with Gasteiger partial charge in [-0.1, -0.05) is 12.1 Å². The van der Waals surface area contributed by atoms with E-state index >= 15 is 0 Å². The molecule has 0 radical (unpaired) electrons. The van der Waals surface area contributed by atoms with Gasteiger partial charge in [0.2, 0.25) is 0 Å². The zero-order valence-corrected chi connectivity index (χ0v) is 16.8. The maximum Gasteiger partial charge on any atom is 0.272 e. The second-order valence-corrected chi connectivity index (χ2v) is 7.00. The summed E-state index contributed by atoms with van der Waals surface area (Å²) in [5.41, 5.74) is 2.97. The van der Waals surface area contributed by atoms with Crippen molar-refractivity contribution in [1.82, 2.24) is 14.7 Å². The van der Waals surface area contributed by atoms with Gasteiger partial charge in [-0.3, -0.25) is 9.48 Å². The number of benzene rings is 1. The van der Waals surface area contributed by atoms with Crippen LogP contribution in [0.5, 0.6) is 5.75 Å². The topological polar surface area (TPSA) is 80.4 Å². The Kier molecular flexibility index (Phi) is 6.00. The van der Waals surface area contributed by atoms with Gasteiger partial charge in [0.25, 0.3) is 5.91 Å². The number of aryl methyl sites for hydroxylation is 1. The number of amides is 1. The van der Waals surface area contributed by atoms with Gasteiger partial charge in [0.05, 0.1) is 30.0 Å². The Morgan fingerprint density at radius 1 is 1.43 bits per heavy atom. The van der Waals surface area contributed by atoms with Crippen LogP contribution in [0.4, 0.5) is 0 Å². The fourth-order valence-electron chi connectivity index (χ4n) is 3.52. The molecule has 2 aromatic rings. The summed E-state index contributed by atoms with van der Waals surface area (Å²) >= 11 is 0. The van der Waals surface area contributed by atoms with E-state index in [0.717, 1.165) is 11.3 Å². The molecule has 0 unspecified atom stereocenters. The molecule has 1 aliphatic heterocycles. The molecule has 0 saturated heterocycles. The van der Waals surface area contributed by atoms with Crippen molar-refractivity contribution in [2.45, 2.75) is 45.9 Å². The number of hydrogen-bond acceptors (Lipinski definition) is 5. The minimum Gasteiger partial charge on any atom is -0.490 e. The summed E-state index contributed by atoms with van der Waals surface area (Å²) in [4.78, 5) is 14.8. The highest BCUT2D eigenvalue weighted by atomic mass is 16.5. The molecule has 1 aromatic heterocycles. The van der Waals surface area contributed by atoms with Crippen LogP contribution < -0.4 is 4.74 Å². The molecule has 3 rings (SSSR count). The van der Waals surface area contributed by atoms with E-state index < -0.39 is 0 Å². The van der Waals surface area contributed by atoms with E-state index in [1.54, 1.807) is 34.8 Å². The first-order valence-corrected chi connectivity index (χ1v) is 9.58. The van der Waals surface area contributed by atoms with Crippen LogP contribution >= 0.6 is 0 Å². The number of carbonyl (C=O) groups is 1. The van der Waals surface area contributed by atoms with Crippen LogP contribution in [0, 0.1) is 11.3 Å². The van der Waals surface area contributed by atoms with Crippen LogP contribution in [-0.2, 0) is 17.7 Å². The van der Waals surface area contributed by atoms with Crippen LogP contribution in [0.2, 0.25) is 0 Å². The minimum absolute atomic E-state index is 0.0553. The quantitative estimate of drug-likeness (QED) is 0.767. The Hall–Kier alpha value is -2.85. The molecule has 28 heavy (non-hydrogen) atoms. The Morgan fingerprint density at radius 2 is 2.18 bits per heavy atom. The van der Waals surface area contributed by atoms with Crippen LogP contribution in [0.1, 0.15) is 54.2 Å². The van der Waals surface area contributed by atoms with Gasteiger partial charge in [-0.05, 0) is 32.9 Å². The zero-order chi connectivity index (χ0) is 20.3. The van der Waals surface area contributed by atoms with Gasteiger partial charge in [-0.2, -0.15) is 10.4 Å². The minimum atomic E-state index is -0.116. The van der Waals surface area contributed by atoms with Crippen molar-refractivity contribution in [1.29, 1.82) is 5.26 Å². The van der Waals surface area contributed by atoms with Gasteiger partial charge in [0.15, 0.2) is 0 Å². The SMILES string of the molecule is CCn1nc2c(c1C(=O)N(C)CCOc1ccccc1C#N)C[C@H](C)O[C@@H]2C. The number of para-hydroxylation sites is 1. The largest absolute Gasteiger partial charge is 0.490 e. The first-order valence-electron chi connectivity index (χ1n) is 9.58. The second-order valence-electron chi connectivity index (χ2n) is 7.00. The molecular weight excluding hydrogens is 356 g/mol. The molecule has 2 atom stereocenters. The third kappa shape index (κ3) is 3.87. The molecule has 7 heteroatoms. The Labute approximate surface area is 165 Å². The molecule has 148 valence electrons. The average Bonchev–Trinajstić information content (AvgIpc) is 3.06. The highest BCUT2D eigenvalue weighted by molar-refractivity contribution is 5.94. The normalized spacial score (nSPS) is 18.2. The van der Waals surface area contributed by atoms with Crippen molar-refractivity contribution in [2.75, 3.05) is 20.2 Å². The van der Waals surface area contributed by atoms with E-state index in [9.17, 15) is 4.79 Å². The van der Waals surface area contributed by atoms with Crippen molar-refractivity contribution >= 4 is 5.91 Å². The van der Waals surface area contributed by atoms with Crippen LogP contribution in [0.3, 0.4) is 0 Å². The van der Waals surface area contributed by atoms with E-state index in [1.807, 2.05) is 26.8 Å². The highest BCUT2D eigenvalue weighted by Gasteiger charge is 2.32. The second kappa shape index (κ2) is 8.44. The monoisotopic (exact) mass is 382 g/mol. The predicted octanol–water partition coefficient (Wildman–Crippen LogP) is 2.95. The van der Waals surface area contributed by atoms with Crippen molar-refractivity contribution in [3.8, 4) is 11.8 Å². The highest BCUT2D eigenvalue weighted by Crippen LogP contribution is 2.32. The first kappa shape index (κ1) is 19.9. The number of aromatic nitrogens is 2. The standard InChI is InChI=1S/C21H26N4O3/c1-5-25-20(17-12-14(2)28-15(3)19(17)23-25)21(26)24(4)10-11-27-18-9-7-6-8-16(18)13-22/h6-9,14-15H,5,10-12H2,1-4H3/t14-,15+/m0/s1. The van der Waals surface area contributed by atoms with Gasteiger partial charge in [-0.25, -0.2) is 0 Å². The summed E-state index contributed by atoms with van der Waals surface area (Å²) < 4.78 is 13.3. The van der Waals surface area contributed by atoms with Gasteiger partial charge in [0, 0.05) is 25.6 Å². The fourth-order valence-corrected chi connectivity index (χ4v) is 3.52. The Morgan fingerprint density at radius 3 is 2.89 bits per heavy atom. The van der Waals surface area contributed by atoms with Crippen molar-refractivity contribution < 1.29 is 14.3 Å². The van der Waals surface area contributed by atoms with Gasteiger partial charge < -0.3 is 14.4 Å². The summed E-state index contributed by atoms with van der Waals surface area (Å²) in [5, 5.41) is 13.8. The molecule has 0 saturated carbocycles. The maximum absolute atomic E-state index is 13.2. The summed E-state index contributed by atoms with van der Waals surface area (Å²) in [6.07, 6.45) is 0.620. The van der Waals surface area contributed by atoms with Crippen LogP contribution in [-0.4, -0.2) is 46.9 Å². The number of fused-ring (bicyclic) bond motifs is 1.